The van der Waals surface area contributed by atoms with Crippen LogP contribution in [0.2, 0.25) is 10.0 Å². The van der Waals surface area contributed by atoms with Crippen molar-refractivity contribution in [3.05, 3.63) is 136 Å². The smallest absolute Gasteiger partial charge is 0.254 e. The van der Waals surface area contributed by atoms with Gasteiger partial charge in [0.2, 0.25) is 0 Å². The van der Waals surface area contributed by atoms with Gasteiger partial charge in [0, 0.05) is 37.4 Å². The van der Waals surface area contributed by atoms with Crippen LogP contribution in [0, 0.1) is 0 Å². The first-order chi connectivity index (χ1) is 23.4. The number of benzene rings is 3. The van der Waals surface area contributed by atoms with Gasteiger partial charge in [-0.2, -0.15) is 0 Å². The molecule has 3 aromatic carbocycles. The maximum absolute atomic E-state index is 13.2. The average Bonchev–Trinajstić information content (AvgIpc) is 3.55. The van der Waals surface area contributed by atoms with Gasteiger partial charge in [0.1, 0.15) is 11.9 Å². The van der Waals surface area contributed by atoms with Crippen molar-refractivity contribution in [2.24, 2.45) is 0 Å². The van der Waals surface area contributed by atoms with Gasteiger partial charge in [0.15, 0.2) is 9.84 Å². The first-order valence-electron chi connectivity index (χ1n) is 15.1. The first-order valence-corrected chi connectivity index (χ1v) is 17.8. The van der Waals surface area contributed by atoms with Crippen LogP contribution in [0.3, 0.4) is 0 Å². The fourth-order valence-corrected chi connectivity index (χ4v) is 6.78. The van der Waals surface area contributed by atoms with Gasteiger partial charge < -0.3 is 24.2 Å². The SMILES string of the molecule is C.C=C/C=C(\C=C)COC.CS(=O)(=O)c1cccc(C[C@@H](C=O)NC(=O)c2c(Cl)cc3c(c2Cl)CCN(C(=O)c2ccc4ccoc4c2)C3)c1. The third kappa shape index (κ3) is 9.82. The fourth-order valence-electron chi connectivity index (χ4n) is 5.33. The van der Waals surface area contributed by atoms with Crippen LogP contribution in [0.1, 0.15) is 44.8 Å². The quantitative estimate of drug-likeness (QED) is 0.125. The average molecular weight is 740 g/mol. The molecule has 0 bridgehead atoms. The number of carbonyl (C=O) groups excluding carboxylic acids is 3. The van der Waals surface area contributed by atoms with Crippen molar-refractivity contribution in [2.45, 2.75) is 37.8 Å². The summed E-state index contributed by atoms with van der Waals surface area (Å²) in [7, 11) is -1.77. The lowest BCUT2D eigenvalue weighted by Crippen LogP contribution is -2.39. The number of methoxy groups -OCH3 is 1. The maximum Gasteiger partial charge on any atom is 0.254 e. The van der Waals surface area contributed by atoms with Crippen LogP contribution < -0.4 is 5.32 Å². The van der Waals surface area contributed by atoms with Crippen LogP contribution in [0.25, 0.3) is 11.0 Å². The molecule has 5 rings (SSSR count). The Morgan fingerprint density at radius 3 is 2.54 bits per heavy atom. The lowest BCUT2D eigenvalue weighted by molar-refractivity contribution is -0.109. The molecular formula is C38H40Cl2N2O7S. The van der Waals surface area contributed by atoms with Gasteiger partial charge in [0.25, 0.3) is 11.8 Å². The number of hydrogen-bond acceptors (Lipinski definition) is 7. The third-order valence-electron chi connectivity index (χ3n) is 7.79. The molecule has 0 aliphatic carbocycles. The molecule has 2 heterocycles. The summed E-state index contributed by atoms with van der Waals surface area (Å²) in [5, 5.41) is 3.81. The molecule has 0 spiro atoms. The van der Waals surface area contributed by atoms with Gasteiger partial charge >= 0.3 is 0 Å². The Hall–Kier alpha value is -4.48. The summed E-state index contributed by atoms with van der Waals surface area (Å²) in [6, 6.07) is 14.0. The summed E-state index contributed by atoms with van der Waals surface area (Å²) >= 11 is 13.2. The minimum Gasteiger partial charge on any atom is -0.464 e. The van der Waals surface area contributed by atoms with Crippen molar-refractivity contribution in [1.82, 2.24) is 10.2 Å². The van der Waals surface area contributed by atoms with E-state index in [0.717, 1.165) is 22.8 Å². The van der Waals surface area contributed by atoms with Crippen LogP contribution in [-0.2, 0) is 38.8 Å². The molecule has 9 nitrogen and oxygen atoms in total. The Balaban J connectivity index is 0.000000597. The Morgan fingerprint density at radius 1 is 1.12 bits per heavy atom. The number of rotatable bonds is 11. The van der Waals surface area contributed by atoms with E-state index in [0.29, 0.717) is 48.1 Å². The normalized spacial score (nSPS) is 13.2. The molecule has 0 radical (unpaired) electrons. The highest BCUT2D eigenvalue weighted by Crippen LogP contribution is 2.35. The first kappa shape index (κ1) is 40.0. The Bertz CT molecular complexity index is 2040. The van der Waals surface area contributed by atoms with E-state index >= 15 is 0 Å². The zero-order valence-electron chi connectivity index (χ0n) is 27.1. The highest BCUT2D eigenvalue weighted by molar-refractivity contribution is 7.90. The van der Waals surface area contributed by atoms with Crippen molar-refractivity contribution in [1.29, 1.82) is 0 Å². The summed E-state index contributed by atoms with van der Waals surface area (Å²) < 4.78 is 34.0. The fraction of sp³-hybridized carbons (Fsp3) is 0.237. The van der Waals surface area contributed by atoms with Crippen molar-refractivity contribution in [3.63, 3.8) is 0 Å². The van der Waals surface area contributed by atoms with Crippen LogP contribution in [0.5, 0.6) is 0 Å². The monoisotopic (exact) mass is 738 g/mol. The molecule has 1 aromatic heterocycles. The largest absolute Gasteiger partial charge is 0.464 e. The zero-order valence-corrected chi connectivity index (χ0v) is 29.4. The van der Waals surface area contributed by atoms with Crippen LogP contribution in [-0.4, -0.2) is 64.0 Å². The van der Waals surface area contributed by atoms with Crippen LogP contribution in [0.4, 0.5) is 0 Å². The van der Waals surface area contributed by atoms with Crippen LogP contribution in [0.15, 0.2) is 107 Å². The molecule has 4 aromatic rings. The molecule has 1 aliphatic heterocycles. The van der Waals surface area contributed by atoms with E-state index in [-0.39, 0.29) is 46.8 Å². The molecule has 1 N–H and O–H groups in total. The van der Waals surface area contributed by atoms with Crippen molar-refractivity contribution in [2.75, 3.05) is 26.5 Å². The minimum absolute atomic E-state index is 0. The van der Waals surface area contributed by atoms with Gasteiger partial charge in [-0.3, -0.25) is 9.59 Å². The summed E-state index contributed by atoms with van der Waals surface area (Å²) in [5.41, 5.74) is 4.23. The number of halogens is 2. The van der Waals surface area contributed by atoms with E-state index in [2.05, 4.69) is 18.5 Å². The second-order valence-corrected chi connectivity index (χ2v) is 14.1. The van der Waals surface area contributed by atoms with Crippen molar-refractivity contribution >= 4 is 62.1 Å². The predicted molar refractivity (Wildman–Crippen MR) is 199 cm³/mol. The highest BCUT2D eigenvalue weighted by atomic mass is 35.5. The van der Waals surface area contributed by atoms with Gasteiger partial charge in [-0.05, 0) is 71.5 Å². The standard InChI is InChI=1S/C29H24Cl2N2O6S.C8H12O.CH4/c1-40(37,38)22-4-2-3-17(12-22)11-21(16-34)32-28(35)26-24(30)13-20-15-33(9-7-23(20)27(26)31)29(36)19-6-5-18-8-10-39-25(18)14-19;1-4-6-8(5-2)7-9-3;/h2-6,8,10,12-14,16,21H,7,9,11,15H2,1H3,(H,32,35);4-6H,1-2,7H2,3H3;1H4/b;8-6+;/t21-;;/m0../s1. The van der Waals surface area contributed by atoms with Crippen molar-refractivity contribution < 1.29 is 32.0 Å². The van der Waals surface area contributed by atoms with E-state index in [1.807, 2.05) is 18.2 Å². The topological polar surface area (TPSA) is 123 Å². The lowest BCUT2D eigenvalue weighted by Gasteiger charge is -2.30. The molecule has 12 heteroatoms. The maximum atomic E-state index is 13.2. The number of aldehydes is 1. The summed E-state index contributed by atoms with van der Waals surface area (Å²) in [4.78, 5) is 40.0. The van der Waals surface area contributed by atoms with Gasteiger partial charge in [-0.25, -0.2) is 8.42 Å². The Morgan fingerprint density at radius 2 is 1.88 bits per heavy atom. The lowest BCUT2D eigenvalue weighted by atomic mass is 9.95. The molecular weight excluding hydrogens is 699 g/mol. The number of allylic oxidation sites excluding steroid dienone is 2. The van der Waals surface area contributed by atoms with Gasteiger partial charge in [-0.15, -0.1) is 0 Å². The molecule has 0 saturated heterocycles. The molecule has 0 unspecified atom stereocenters. The molecule has 0 fully saturated rings. The molecule has 264 valence electrons. The Kier molecular flexibility index (Phi) is 14.4. The number of sulfone groups is 1. The van der Waals surface area contributed by atoms with E-state index in [1.54, 1.807) is 60.8 Å². The van der Waals surface area contributed by atoms with Gasteiger partial charge in [0.05, 0.1) is 39.4 Å². The number of furan rings is 1. The molecule has 1 atom stereocenters. The predicted octanol–water partition coefficient (Wildman–Crippen LogP) is 7.45. The number of amides is 2. The Labute approximate surface area is 303 Å². The number of hydrogen-bond donors (Lipinski definition) is 1. The number of nitrogens with zero attached hydrogens (tertiary/aromatic N) is 1. The van der Waals surface area contributed by atoms with Gasteiger partial charge in [-0.1, -0.05) is 80.2 Å². The second kappa shape index (κ2) is 18.0. The number of ether oxygens (including phenoxy) is 1. The van der Waals surface area contributed by atoms with E-state index in [9.17, 15) is 22.8 Å². The highest BCUT2D eigenvalue weighted by Gasteiger charge is 2.28. The summed E-state index contributed by atoms with van der Waals surface area (Å²) in [5.74, 6) is -0.786. The second-order valence-electron chi connectivity index (χ2n) is 11.3. The van der Waals surface area contributed by atoms with E-state index < -0.39 is 21.8 Å². The van der Waals surface area contributed by atoms with Crippen molar-refractivity contribution in [3.8, 4) is 0 Å². The molecule has 50 heavy (non-hydrogen) atoms. The zero-order chi connectivity index (χ0) is 35.7. The molecule has 0 saturated carbocycles. The summed E-state index contributed by atoms with van der Waals surface area (Å²) in [6.45, 7) is 8.41. The number of fused-ring (bicyclic) bond motifs is 2. The number of carbonyl (C=O) groups is 3. The third-order valence-corrected chi connectivity index (χ3v) is 9.62. The minimum atomic E-state index is -3.42. The van der Waals surface area contributed by atoms with Crippen LogP contribution >= 0.6 is 23.2 Å². The molecule has 1 aliphatic rings. The number of nitrogens with one attached hydrogen (secondary N) is 1. The summed E-state index contributed by atoms with van der Waals surface area (Å²) in [6.07, 6.45) is 9.09. The molecule has 2 amide bonds. The van der Waals surface area contributed by atoms with E-state index in [4.69, 9.17) is 32.4 Å². The van der Waals surface area contributed by atoms with E-state index in [1.165, 1.54) is 12.1 Å².